The van der Waals surface area contributed by atoms with Crippen LogP contribution in [-0.2, 0) is 34.0 Å². The molecule has 12 nitrogen and oxygen atoms in total. The van der Waals surface area contributed by atoms with Gasteiger partial charge in [-0.1, -0.05) is 33.9 Å². The minimum Gasteiger partial charge on any atom is -0.494 e. The lowest BCUT2D eigenvalue weighted by molar-refractivity contribution is -0.145. The number of hydrogen-bond donors (Lipinski definition) is 0. The van der Waals surface area contributed by atoms with Crippen molar-refractivity contribution in [1.82, 2.24) is 0 Å². The first-order valence-corrected chi connectivity index (χ1v) is 19.7. The molecule has 312 valence electrons. The van der Waals surface area contributed by atoms with Gasteiger partial charge in [-0.25, -0.2) is 19.2 Å². The first kappa shape index (κ1) is 46.5. The lowest BCUT2D eigenvalue weighted by Gasteiger charge is -2.23. The highest BCUT2D eigenvalue weighted by Crippen LogP contribution is 2.35. The summed E-state index contributed by atoms with van der Waals surface area (Å²) < 4.78 is 38.1. The average molecular weight is 801 g/mol. The molecule has 3 aromatic carbocycles. The van der Waals surface area contributed by atoms with Gasteiger partial charge in [0, 0.05) is 24.1 Å². The third-order valence-electron chi connectivity index (χ3n) is 8.58. The number of carbonyl (C=O) groups is 5. The van der Waals surface area contributed by atoms with E-state index in [-0.39, 0.29) is 19.0 Å². The second-order valence-corrected chi connectivity index (χ2v) is 14.3. The number of esters is 5. The number of hydrogen-bond acceptors (Lipinski definition) is 12. The Morgan fingerprint density at radius 1 is 0.517 bits per heavy atom. The molecule has 0 aliphatic heterocycles. The van der Waals surface area contributed by atoms with E-state index < -0.39 is 29.3 Å². The van der Waals surface area contributed by atoms with Crippen LogP contribution in [0.3, 0.4) is 0 Å². The van der Waals surface area contributed by atoms with Crippen LogP contribution in [0.2, 0.25) is 0 Å². The van der Waals surface area contributed by atoms with Crippen molar-refractivity contribution in [2.24, 2.45) is 0 Å². The van der Waals surface area contributed by atoms with Crippen LogP contribution in [0.25, 0.3) is 0 Å². The summed E-state index contributed by atoms with van der Waals surface area (Å²) in [7, 11) is 0. The Morgan fingerprint density at radius 2 is 0.948 bits per heavy atom. The lowest BCUT2D eigenvalue weighted by Crippen LogP contribution is -2.17. The third kappa shape index (κ3) is 17.9. The Kier molecular flexibility index (Phi) is 20.3. The van der Waals surface area contributed by atoms with Crippen LogP contribution < -0.4 is 18.9 Å². The number of unbranched alkanes of at least 4 members (excludes halogenated alkanes) is 6. The van der Waals surface area contributed by atoms with E-state index in [4.69, 9.17) is 33.2 Å². The van der Waals surface area contributed by atoms with Crippen molar-refractivity contribution in [2.75, 3.05) is 33.0 Å². The lowest BCUT2D eigenvalue weighted by atomic mass is 9.86. The molecule has 0 aliphatic carbocycles. The summed E-state index contributed by atoms with van der Waals surface area (Å²) in [4.78, 5) is 60.0. The van der Waals surface area contributed by atoms with Crippen LogP contribution in [-0.4, -0.2) is 62.9 Å². The van der Waals surface area contributed by atoms with Gasteiger partial charge in [0.25, 0.3) is 0 Å². The Bertz CT molecular complexity index is 1790. The molecule has 3 aromatic rings. The van der Waals surface area contributed by atoms with Gasteiger partial charge in [-0.3, -0.25) is 4.79 Å². The van der Waals surface area contributed by atoms with E-state index in [9.17, 15) is 24.0 Å². The Hall–Kier alpha value is -5.91. The molecule has 0 aliphatic rings. The maximum atomic E-state index is 13.1. The largest absolute Gasteiger partial charge is 0.494 e. The number of ether oxygens (including phenoxy) is 7. The van der Waals surface area contributed by atoms with Crippen molar-refractivity contribution in [1.29, 1.82) is 0 Å². The SMILES string of the molecule is C=CC(=O)OCCCCCCOc1ccc(C(=O)Oc2ccc(OC(=O)c3ccc(OCCCCCCOC(=O)CCCOC(=O)C=C)cc3)c(C(C)(C)C)c2)cc1. The highest BCUT2D eigenvalue weighted by Gasteiger charge is 2.23. The molecule has 0 fully saturated rings. The van der Waals surface area contributed by atoms with E-state index in [2.05, 4.69) is 13.2 Å². The molecule has 0 saturated carbocycles. The molecule has 0 radical (unpaired) electrons. The van der Waals surface area contributed by atoms with Gasteiger partial charge in [-0.2, -0.15) is 0 Å². The van der Waals surface area contributed by atoms with Crippen LogP contribution in [0, 0.1) is 0 Å². The van der Waals surface area contributed by atoms with Crippen LogP contribution in [0.1, 0.15) is 111 Å². The molecule has 0 bridgehead atoms. The molecule has 3 rings (SSSR count). The molecular weight excluding hydrogens is 744 g/mol. The smallest absolute Gasteiger partial charge is 0.343 e. The van der Waals surface area contributed by atoms with Crippen LogP contribution in [0.15, 0.2) is 92.0 Å². The fourth-order valence-electron chi connectivity index (χ4n) is 5.38. The predicted octanol–water partition coefficient (Wildman–Crippen LogP) is 9.08. The van der Waals surface area contributed by atoms with Crippen LogP contribution >= 0.6 is 0 Å². The monoisotopic (exact) mass is 800 g/mol. The molecule has 0 N–H and O–H groups in total. The van der Waals surface area contributed by atoms with E-state index in [0.29, 0.717) is 72.5 Å². The summed E-state index contributed by atoms with van der Waals surface area (Å²) in [5.41, 5.74) is 0.958. The minimum atomic E-state index is -0.535. The van der Waals surface area contributed by atoms with Crippen molar-refractivity contribution in [3.05, 3.63) is 109 Å². The standard InChI is InChI=1S/C46H56O12/c1-6-41(47)54-30-14-10-8-12-28-52-36-22-18-34(19-23-36)44(50)57-38-26-27-40(39(33-38)46(3,4)5)58-45(51)35-20-24-37(25-21-35)53-29-13-9-11-15-31-56-43(49)17-16-32-55-42(48)7-2/h6-7,18-27,33H,1-2,8-17,28-32H2,3-5H3. The maximum Gasteiger partial charge on any atom is 0.343 e. The van der Waals surface area contributed by atoms with Crippen molar-refractivity contribution in [2.45, 2.75) is 90.4 Å². The summed E-state index contributed by atoms with van der Waals surface area (Å²) in [6.45, 7) is 14.5. The Balaban J connectivity index is 1.38. The first-order chi connectivity index (χ1) is 27.9. The molecule has 0 spiro atoms. The van der Waals surface area contributed by atoms with Crippen molar-refractivity contribution < 1.29 is 57.1 Å². The molecule has 0 unspecified atom stereocenters. The molecule has 58 heavy (non-hydrogen) atoms. The van der Waals surface area contributed by atoms with Gasteiger partial charge in [-0.15, -0.1) is 0 Å². The fraction of sp³-hybridized carbons (Fsp3) is 0.413. The second-order valence-electron chi connectivity index (χ2n) is 14.3. The summed E-state index contributed by atoms with van der Waals surface area (Å²) >= 11 is 0. The van der Waals surface area contributed by atoms with Gasteiger partial charge in [0.05, 0.1) is 44.2 Å². The highest BCUT2D eigenvalue weighted by molar-refractivity contribution is 5.92. The summed E-state index contributed by atoms with van der Waals surface area (Å²) in [5, 5.41) is 0. The predicted molar refractivity (Wildman–Crippen MR) is 218 cm³/mol. The van der Waals surface area contributed by atoms with Gasteiger partial charge in [0.15, 0.2) is 0 Å². The van der Waals surface area contributed by atoms with Crippen LogP contribution in [0.4, 0.5) is 0 Å². The van der Waals surface area contributed by atoms with Crippen molar-refractivity contribution in [3.8, 4) is 23.0 Å². The van der Waals surface area contributed by atoms with Gasteiger partial charge in [0.2, 0.25) is 0 Å². The molecule has 0 heterocycles. The van der Waals surface area contributed by atoms with E-state index in [1.54, 1.807) is 66.7 Å². The third-order valence-corrected chi connectivity index (χ3v) is 8.58. The number of benzene rings is 3. The summed E-state index contributed by atoms with van der Waals surface area (Å²) in [6, 6.07) is 18.4. The van der Waals surface area contributed by atoms with Crippen molar-refractivity contribution >= 4 is 29.8 Å². The van der Waals surface area contributed by atoms with E-state index in [1.807, 2.05) is 20.8 Å². The average Bonchev–Trinajstić information content (AvgIpc) is 3.21. The van der Waals surface area contributed by atoms with Gasteiger partial charge in [0.1, 0.15) is 23.0 Å². The summed E-state index contributed by atoms with van der Waals surface area (Å²) in [5.74, 6) is -0.363. The van der Waals surface area contributed by atoms with Gasteiger partial charge >= 0.3 is 29.8 Å². The second kappa shape index (κ2) is 25.4. The Labute approximate surface area is 341 Å². The number of rotatable bonds is 26. The minimum absolute atomic E-state index is 0.155. The quantitative estimate of drug-likeness (QED) is 0.0251. The van der Waals surface area contributed by atoms with Gasteiger partial charge in [-0.05, 0) is 130 Å². The Morgan fingerprint density at radius 3 is 1.43 bits per heavy atom. The normalized spacial score (nSPS) is 10.8. The molecule has 0 atom stereocenters. The van der Waals surface area contributed by atoms with E-state index in [1.165, 1.54) is 0 Å². The maximum absolute atomic E-state index is 13.1. The molecule has 12 heteroatoms. The van der Waals surface area contributed by atoms with Crippen molar-refractivity contribution in [3.63, 3.8) is 0 Å². The molecule has 0 aromatic heterocycles. The summed E-state index contributed by atoms with van der Waals surface area (Å²) in [6.07, 6.45) is 9.65. The zero-order chi connectivity index (χ0) is 42.2. The fourth-order valence-corrected chi connectivity index (χ4v) is 5.38. The van der Waals surface area contributed by atoms with Gasteiger partial charge < -0.3 is 33.2 Å². The number of carbonyl (C=O) groups excluding carboxylic acids is 5. The van der Waals surface area contributed by atoms with E-state index >= 15 is 0 Å². The topological polar surface area (TPSA) is 150 Å². The molecular formula is C46H56O12. The molecule has 0 amide bonds. The molecule has 0 saturated heterocycles. The first-order valence-electron chi connectivity index (χ1n) is 19.7. The highest BCUT2D eigenvalue weighted by atomic mass is 16.6. The van der Waals surface area contributed by atoms with E-state index in [0.717, 1.165) is 63.5 Å². The zero-order valence-corrected chi connectivity index (χ0v) is 33.9. The van der Waals surface area contributed by atoms with Crippen LogP contribution in [0.5, 0.6) is 23.0 Å². The zero-order valence-electron chi connectivity index (χ0n) is 33.9.